The van der Waals surface area contributed by atoms with Crippen molar-refractivity contribution in [2.45, 2.75) is 26.2 Å². The number of nitrogen functional groups attached to an aromatic ring is 1. The fourth-order valence-corrected chi connectivity index (χ4v) is 2.16. The Morgan fingerprint density at radius 1 is 1.47 bits per heavy atom. The van der Waals surface area contributed by atoms with E-state index in [1.807, 2.05) is 0 Å². The third-order valence-electron chi connectivity index (χ3n) is 3.01. The van der Waals surface area contributed by atoms with E-state index >= 15 is 0 Å². The number of nitrogens with two attached hydrogens (primary N) is 1. The van der Waals surface area contributed by atoms with Crippen molar-refractivity contribution in [3.05, 3.63) is 17.6 Å². The lowest BCUT2D eigenvalue weighted by Gasteiger charge is -2.19. The van der Waals surface area contributed by atoms with E-state index in [4.69, 9.17) is 5.73 Å². The van der Waals surface area contributed by atoms with E-state index in [1.165, 1.54) is 0 Å². The maximum atomic E-state index is 5.66. The number of hydrogen-bond donors (Lipinski definition) is 1. The highest BCUT2D eigenvalue weighted by Crippen LogP contribution is 2.22. The molecule has 0 aromatic carbocycles. The average molecular weight is 279 g/mol. The van der Waals surface area contributed by atoms with Crippen LogP contribution < -0.4 is 5.73 Å². The minimum absolute atomic E-state index is 0. The second-order valence-corrected chi connectivity index (χ2v) is 4.17. The summed E-state index contributed by atoms with van der Waals surface area (Å²) in [5.41, 5.74) is 7.87. The number of nitrogens with zero attached hydrogens (tertiary/aromatic N) is 3. The molecule has 6 heteroatoms. The maximum absolute atomic E-state index is 5.66. The third kappa shape index (κ3) is 3.69. The van der Waals surface area contributed by atoms with Gasteiger partial charge in [0.25, 0.3) is 0 Å². The molecule has 2 N–H and O–H groups in total. The molecule has 17 heavy (non-hydrogen) atoms. The van der Waals surface area contributed by atoms with Crippen LogP contribution in [0.15, 0.2) is 6.20 Å². The first kappa shape index (κ1) is 16.4. The van der Waals surface area contributed by atoms with Crippen LogP contribution in [0.2, 0.25) is 0 Å². The fourth-order valence-electron chi connectivity index (χ4n) is 2.16. The van der Waals surface area contributed by atoms with Gasteiger partial charge in [0.05, 0.1) is 17.6 Å². The first-order valence-electron chi connectivity index (χ1n) is 5.54. The SMILES string of the molecule is CCN1CCc2nc(N)cnc2C(C)C1.Cl.Cl. The predicted molar refractivity (Wildman–Crippen MR) is 75.2 cm³/mol. The van der Waals surface area contributed by atoms with Crippen LogP contribution in [0.25, 0.3) is 0 Å². The molecule has 98 valence electrons. The lowest BCUT2D eigenvalue weighted by Crippen LogP contribution is -2.27. The van der Waals surface area contributed by atoms with Crippen LogP contribution in [0.1, 0.15) is 31.2 Å². The number of rotatable bonds is 1. The van der Waals surface area contributed by atoms with Crippen molar-refractivity contribution in [3.8, 4) is 0 Å². The van der Waals surface area contributed by atoms with Gasteiger partial charge in [0.15, 0.2) is 0 Å². The van der Waals surface area contributed by atoms with E-state index in [1.54, 1.807) is 6.20 Å². The quantitative estimate of drug-likeness (QED) is 0.853. The van der Waals surface area contributed by atoms with Crippen LogP contribution in [0.3, 0.4) is 0 Å². The standard InChI is InChI=1S/C11H18N4.2ClH/c1-3-15-5-4-9-11(8(2)7-15)13-6-10(12)14-9;;/h6,8H,3-5,7H2,1-2H3,(H2,12,14);2*1H. The molecule has 1 aromatic heterocycles. The Morgan fingerprint density at radius 2 is 2.18 bits per heavy atom. The van der Waals surface area contributed by atoms with Gasteiger partial charge in [-0.2, -0.15) is 0 Å². The number of aromatic nitrogens is 2. The van der Waals surface area contributed by atoms with E-state index in [2.05, 4.69) is 28.7 Å². The summed E-state index contributed by atoms with van der Waals surface area (Å²) >= 11 is 0. The highest BCUT2D eigenvalue weighted by molar-refractivity contribution is 5.85. The number of hydrogen-bond acceptors (Lipinski definition) is 4. The summed E-state index contributed by atoms with van der Waals surface area (Å²) in [5.74, 6) is 0.987. The highest BCUT2D eigenvalue weighted by Gasteiger charge is 2.21. The lowest BCUT2D eigenvalue weighted by atomic mass is 10.1. The van der Waals surface area contributed by atoms with Crippen molar-refractivity contribution in [2.24, 2.45) is 0 Å². The Labute approximate surface area is 115 Å². The monoisotopic (exact) mass is 278 g/mol. The van der Waals surface area contributed by atoms with Crippen LogP contribution in [0.4, 0.5) is 5.82 Å². The Hall–Kier alpha value is -0.580. The fraction of sp³-hybridized carbons (Fsp3) is 0.636. The highest BCUT2D eigenvalue weighted by atomic mass is 35.5. The zero-order chi connectivity index (χ0) is 10.8. The molecule has 2 heterocycles. The molecule has 0 spiro atoms. The molecule has 1 unspecified atom stereocenters. The molecule has 0 fully saturated rings. The molecule has 0 amide bonds. The van der Waals surface area contributed by atoms with Gasteiger partial charge in [-0.1, -0.05) is 13.8 Å². The summed E-state index contributed by atoms with van der Waals surface area (Å²) in [6.45, 7) is 7.62. The van der Waals surface area contributed by atoms with Gasteiger partial charge in [-0.05, 0) is 6.54 Å². The molecule has 0 bridgehead atoms. The van der Waals surface area contributed by atoms with Gasteiger partial charge in [-0.3, -0.25) is 4.98 Å². The van der Waals surface area contributed by atoms with Crippen molar-refractivity contribution in [1.82, 2.24) is 14.9 Å². The van der Waals surface area contributed by atoms with E-state index < -0.39 is 0 Å². The first-order valence-corrected chi connectivity index (χ1v) is 5.54. The predicted octanol–water partition coefficient (Wildman–Crippen LogP) is 1.88. The molecule has 0 radical (unpaired) electrons. The van der Waals surface area contributed by atoms with Gasteiger partial charge >= 0.3 is 0 Å². The van der Waals surface area contributed by atoms with E-state index in [0.29, 0.717) is 11.7 Å². The third-order valence-corrected chi connectivity index (χ3v) is 3.01. The molecule has 0 saturated carbocycles. The molecular weight excluding hydrogens is 259 g/mol. The molecule has 2 rings (SSSR count). The molecule has 1 aromatic rings. The Bertz CT molecular complexity index is 359. The minimum atomic E-state index is 0. The summed E-state index contributed by atoms with van der Waals surface area (Å²) < 4.78 is 0. The topological polar surface area (TPSA) is 55.0 Å². The zero-order valence-electron chi connectivity index (χ0n) is 10.2. The summed E-state index contributed by atoms with van der Waals surface area (Å²) in [6, 6.07) is 0. The largest absolute Gasteiger partial charge is 0.382 e. The molecule has 0 saturated heterocycles. The normalized spacial score (nSPS) is 19.5. The average Bonchev–Trinajstić information content (AvgIpc) is 2.38. The Morgan fingerprint density at radius 3 is 2.82 bits per heavy atom. The van der Waals surface area contributed by atoms with E-state index in [-0.39, 0.29) is 24.8 Å². The summed E-state index contributed by atoms with van der Waals surface area (Å²) in [6.07, 6.45) is 2.63. The Balaban J connectivity index is 0.00000128. The maximum Gasteiger partial charge on any atom is 0.142 e. The van der Waals surface area contributed by atoms with Gasteiger partial charge in [0.1, 0.15) is 5.82 Å². The van der Waals surface area contributed by atoms with E-state index in [0.717, 1.165) is 37.4 Å². The second-order valence-electron chi connectivity index (χ2n) is 4.17. The van der Waals surface area contributed by atoms with Crippen molar-refractivity contribution in [3.63, 3.8) is 0 Å². The molecular formula is C11H20Cl2N4. The Kier molecular flexibility index (Phi) is 6.75. The molecule has 1 atom stereocenters. The van der Waals surface area contributed by atoms with Crippen LogP contribution in [0, 0.1) is 0 Å². The van der Waals surface area contributed by atoms with Crippen molar-refractivity contribution >= 4 is 30.6 Å². The van der Waals surface area contributed by atoms with Gasteiger partial charge in [0.2, 0.25) is 0 Å². The van der Waals surface area contributed by atoms with Gasteiger partial charge in [-0.15, -0.1) is 24.8 Å². The lowest BCUT2D eigenvalue weighted by molar-refractivity contribution is 0.285. The van der Waals surface area contributed by atoms with Gasteiger partial charge in [0, 0.05) is 25.4 Å². The van der Waals surface area contributed by atoms with Gasteiger partial charge in [-0.25, -0.2) is 4.98 Å². The summed E-state index contributed by atoms with van der Waals surface area (Å²) in [5, 5.41) is 0. The van der Waals surface area contributed by atoms with Crippen LogP contribution in [-0.2, 0) is 6.42 Å². The molecule has 1 aliphatic rings. The first-order chi connectivity index (χ1) is 7.20. The van der Waals surface area contributed by atoms with Crippen LogP contribution in [-0.4, -0.2) is 34.5 Å². The number of likely N-dealkylation sites (N-methyl/N-ethyl adjacent to an activating group) is 1. The smallest absolute Gasteiger partial charge is 0.142 e. The van der Waals surface area contributed by atoms with E-state index in [9.17, 15) is 0 Å². The van der Waals surface area contributed by atoms with Gasteiger partial charge < -0.3 is 10.6 Å². The molecule has 0 aliphatic carbocycles. The summed E-state index contributed by atoms with van der Waals surface area (Å²) in [4.78, 5) is 11.2. The van der Waals surface area contributed by atoms with Crippen molar-refractivity contribution in [2.75, 3.05) is 25.4 Å². The van der Waals surface area contributed by atoms with Crippen LogP contribution >= 0.6 is 24.8 Å². The van der Waals surface area contributed by atoms with Crippen molar-refractivity contribution < 1.29 is 0 Å². The zero-order valence-corrected chi connectivity index (χ0v) is 11.9. The molecule has 1 aliphatic heterocycles. The minimum Gasteiger partial charge on any atom is -0.382 e. The van der Waals surface area contributed by atoms with Crippen molar-refractivity contribution in [1.29, 1.82) is 0 Å². The molecule has 4 nitrogen and oxygen atoms in total. The second kappa shape index (κ2) is 6.99. The number of fused-ring (bicyclic) bond motifs is 1. The van der Waals surface area contributed by atoms with Crippen LogP contribution in [0.5, 0.6) is 0 Å². The number of anilines is 1. The number of halogens is 2. The summed E-state index contributed by atoms with van der Waals surface area (Å²) in [7, 11) is 0.